The molecule has 2 aromatic carbocycles. The molecule has 1 heterocycles. The van der Waals surface area contributed by atoms with E-state index < -0.39 is 5.60 Å². The van der Waals surface area contributed by atoms with Crippen LogP contribution in [0, 0.1) is 0 Å². The highest BCUT2D eigenvalue weighted by Crippen LogP contribution is 2.37. The smallest absolute Gasteiger partial charge is 0.410 e. The van der Waals surface area contributed by atoms with Crippen molar-refractivity contribution < 1.29 is 14.3 Å². The highest BCUT2D eigenvalue weighted by molar-refractivity contribution is 6.34. The first-order valence-corrected chi connectivity index (χ1v) is 12.7. The van der Waals surface area contributed by atoms with Gasteiger partial charge in [-0.3, -0.25) is 4.90 Å². The predicted molar refractivity (Wildman–Crippen MR) is 137 cm³/mol. The van der Waals surface area contributed by atoms with Crippen LogP contribution in [0.3, 0.4) is 0 Å². The first-order valence-electron chi connectivity index (χ1n) is 11.9. The van der Waals surface area contributed by atoms with Crippen molar-refractivity contribution in [1.29, 1.82) is 0 Å². The number of rotatable bonds is 5. The summed E-state index contributed by atoms with van der Waals surface area (Å²) in [7, 11) is 0. The Balaban J connectivity index is 1.48. The third kappa shape index (κ3) is 5.88. The van der Waals surface area contributed by atoms with Crippen molar-refractivity contribution in [3.63, 3.8) is 0 Å². The summed E-state index contributed by atoms with van der Waals surface area (Å²) in [5.41, 5.74) is 3.08. The molecule has 0 unspecified atom stereocenters. The lowest BCUT2D eigenvalue weighted by atomic mass is 9.93. The molecule has 1 aliphatic heterocycles. The summed E-state index contributed by atoms with van der Waals surface area (Å²) in [5.74, 6) is 0. The van der Waals surface area contributed by atoms with Crippen LogP contribution in [-0.2, 0) is 22.3 Å². The second kappa shape index (κ2) is 10.1. The summed E-state index contributed by atoms with van der Waals surface area (Å²) in [5, 5.41) is 1.22. The molecule has 0 radical (unpaired) electrons. The van der Waals surface area contributed by atoms with E-state index in [2.05, 4.69) is 29.2 Å². The van der Waals surface area contributed by atoms with Gasteiger partial charge in [0.1, 0.15) is 5.60 Å². The van der Waals surface area contributed by atoms with E-state index in [1.807, 2.05) is 44.7 Å². The number of carbonyl (C=O) groups excluding carboxylic acids is 1. The molecule has 0 saturated carbocycles. The molecule has 184 valence electrons. The maximum Gasteiger partial charge on any atom is 0.410 e. The molecule has 0 spiro atoms. The Morgan fingerprint density at radius 3 is 2.09 bits per heavy atom. The first-order chi connectivity index (χ1) is 16.0. The number of hydrogen-bond donors (Lipinski definition) is 0. The Morgan fingerprint density at radius 2 is 1.56 bits per heavy atom. The van der Waals surface area contributed by atoms with Gasteiger partial charge in [0.05, 0.1) is 18.2 Å². The van der Waals surface area contributed by atoms with Crippen LogP contribution in [0.4, 0.5) is 4.79 Å². The number of ether oxygens (including phenoxy) is 2. The van der Waals surface area contributed by atoms with Crippen molar-refractivity contribution in [2.75, 3.05) is 32.8 Å². The summed E-state index contributed by atoms with van der Waals surface area (Å²) in [4.78, 5) is 16.9. The van der Waals surface area contributed by atoms with E-state index in [4.69, 9.17) is 32.7 Å². The quantitative estimate of drug-likeness (QED) is 0.488. The molecule has 1 amide bonds. The molecule has 34 heavy (non-hydrogen) atoms. The van der Waals surface area contributed by atoms with Gasteiger partial charge < -0.3 is 14.4 Å². The van der Waals surface area contributed by atoms with Gasteiger partial charge in [0.25, 0.3) is 0 Å². The van der Waals surface area contributed by atoms with Crippen molar-refractivity contribution >= 4 is 29.3 Å². The molecule has 1 saturated heterocycles. The van der Waals surface area contributed by atoms with Crippen molar-refractivity contribution in [2.45, 2.75) is 57.8 Å². The van der Waals surface area contributed by atoms with Gasteiger partial charge in [-0.15, -0.1) is 0 Å². The number of fused-ring (bicyclic) bond motifs is 1. The van der Waals surface area contributed by atoms with E-state index in [1.165, 1.54) is 11.1 Å². The van der Waals surface area contributed by atoms with Gasteiger partial charge >= 0.3 is 6.09 Å². The van der Waals surface area contributed by atoms with Gasteiger partial charge in [-0.05, 0) is 75.4 Å². The van der Waals surface area contributed by atoms with Gasteiger partial charge in [-0.25, -0.2) is 4.79 Å². The fourth-order valence-corrected chi connectivity index (χ4v) is 5.51. The van der Waals surface area contributed by atoms with Crippen LogP contribution in [0.1, 0.15) is 50.5 Å². The topological polar surface area (TPSA) is 42.0 Å². The number of hydrogen-bond acceptors (Lipinski definition) is 4. The molecular weight excluding hydrogens is 471 g/mol. The number of benzene rings is 2. The SMILES string of the molecule is C[C@H](OCC1(N2CCN(C(=O)OC(C)(C)C)CC2)Cc2ccccc2C1)c1cc(Cl)cc(Cl)c1. The third-order valence-corrected chi connectivity index (χ3v) is 7.15. The fraction of sp³-hybridized carbons (Fsp3) is 0.519. The van der Waals surface area contributed by atoms with Crippen LogP contribution in [0.5, 0.6) is 0 Å². The number of carbonyl (C=O) groups is 1. The summed E-state index contributed by atoms with van der Waals surface area (Å²) >= 11 is 12.4. The van der Waals surface area contributed by atoms with Crippen LogP contribution < -0.4 is 0 Å². The predicted octanol–water partition coefficient (Wildman–Crippen LogP) is 6.16. The average Bonchev–Trinajstić information content (AvgIpc) is 3.15. The maximum atomic E-state index is 12.6. The van der Waals surface area contributed by atoms with E-state index in [1.54, 1.807) is 6.07 Å². The van der Waals surface area contributed by atoms with Crippen molar-refractivity contribution in [3.05, 3.63) is 69.2 Å². The molecule has 2 aromatic rings. The summed E-state index contributed by atoms with van der Waals surface area (Å²) in [6.45, 7) is 11.2. The molecular formula is C27H34Cl2N2O3. The number of nitrogens with zero attached hydrogens (tertiary/aromatic N) is 2. The minimum atomic E-state index is -0.490. The van der Waals surface area contributed by atoms with Crippen molar-refractivity contribution in [1.82, 2.24) is 9.80 Å². The first kappa shape index (κ1) is 25.3. The van der Waals surface area contributed by atoms with Gasteiger partial charge in [-0.1, -0.05) is 47.5 Å². The van der Waals surface area contributed by atoms with E-state index in [9.17, 15) is 4.79 Å². The minimum Gasteiger partial charge on any atom is -0.444 e. The largest absolute Gasteiger partial charge is 0.444 e. The zero-order chi connectivity index (χ0) is 24.5. The van der Waals surface area contributed by atoms with Crippen LogP contribution in [0.25, 0.3) is 0 Å². The normalized spacial score (nSPS) is 19.1. The van der Waals surface area contributed by atoms with Gasteiger partial charge in [-0.2, -0.15) is 0 Å². The molecule has 0 bridgehead atoms. The Bertz CT molecular complexity index is 984. The molecule has 4 rings (SSSR count). The lowest BCUT2D eigenvalue weighted by Crippen LogP contribution is -2.60. The van der Waals surface area contributed by atoms with Gasteiger partial charge in [0.15, 0.2) is 0 Å². The minimum absolute atomic E-state index is 0.139. The number of amides is 1. The molecule has 2 aliphatic rings. The zero-order valence-corrected chi connectivity index (χ0v) is 22.0. The zero-order valence-electron chi connectivity index (χ0n) is 20.4. The highest BCUT2D eigenvalue weighted by atomic mass is 35.5. The highest BCUT2D eigenvalue weighted by Gasteiger charge is 2.44. The van der Waals surface area contributed by atoms with Crippen LogP contribution in [0.15, 0.2) is 42.5 Å². The Kier molecular flexibility index (Phi) is 7.49. The summed E-state index contributed by atoms with van der Waals surface area (Å²) in [6.07, 6.45) is 1.48. The second-order valence-electron chi connectivity index (χ2n) is 10.5. The van der Waals surface area contributed by atoms with Gasteiger partial charge in [0.2, 0.25) is 0 Å². The summed E-state index contributed by atoms with van der Waals surface area (Å²) in [6, 6.07) is 14.2. The second-order valence-corrected chi connectivity index (χ2v) is 11.3. The Hall–Kier alpha value is -1.79. The van der Waals surface area contributed by atoms with E-state index in [-0.39, 0.29) is 17.7 Å². The van der Waals surface area contributed by atoms with Crippen LogP contribution >= 0.6 is 23.2 Å². The number of halogens is 2. The van der Waals surface area contributed by atoms with Crippen LogP contribution in [-0.4, -0.2) is 59.8 Å². The molecule has 0 aromatic heterocycles. The number of piperazine rings is 1. The molecule has 0 N–H and O–H groups in total. The molecule has 1 fully saturated rings. The molecule has 5 nitrogen and oxygen atoms in total. The average molecular weight is 505 g/mol. The monoisotopic (exact) mass is 504 g/mol. The van der Waals surface area contributed by atoms with Crippen molar-refractivity contribution in [3.8, 4) is 0 Å². The third-order valence-electron chi connectivity index (χ3n) is 6.72. The van der Waals surface area contributed by atoms with Crippen molar-refractivity contribution in [2.24, 2.45) is 0 Å². The molecule has 7 heteroatoms. The lowest BCUT2D eigenvalue weighted by molar-refractivity contribution is -0.0522. The molecule has 1 atom stereocenters. The Morgan fingerprint density at radius 1 is 1.00 bits per heavy atom. The van der Waals surface area contributed by atoms with E-state index >= 15 is 0 Å². The van der Waals surface area contributed by atoms with Gasteiger partial charge in [0, 0.05) is 36.2 Å². The van der Waals surface area contributed by atoms with Crippen LogP contribution in [0.2, 0.25) is 10.0 Å². The standard InChI is InChI=1S/C27H34Cl2N2O3/c1-19(22-13-23(28)15-24(29)14-22)33-18-27(16-20-7-5-6-8-21(20)17-27)31-11-9-30(10-12-31)25(32)34-26(2,3)4/h5-8,13-15,19H,9-12,16-18H2,1-4H3/t19-/m0/s1. The molecule has 1 aliphatic carbocycles. The lowest BCUT2D eigenvalue weighted by Gasteiger charge is -2.46. The maximum absolute atomic E-state index is 12.6. The summed E-state index contributed by atoms with van der Waals surface area (Å²) < 4.78 is 12.1. The fourth-order valence-electron chi connectivity index (χ4n) is 4.97. The van der Waals surface area contributed by atoms with E-state index in [0.717, 1.165) is 31.5 Å². The van der Waals surface area contributed by atoms with E-state index in [0.29, 0.717) is 29.7 Å². The Labute approximate surface area is 212 Å².